The topological polar surface area (TPSA) is 66.4 Å². The first-order chi connectivity index (χ1) is 21.0. The van der Waals surface area contributed by atoms with E-state index in [0.717, 1.165) is 11.3 Å². The average Bonchev–Trinajstić information content (AvgIpc) is 3.31. The molecule has 0 saturated carbocycles. The molecule has 238 valence electrons. The monoisotopic (exact) mass is 618 g/mol. The number of hydrogen-bond acceptors (Lipinski definition) is 6. The quantitative estimate of drug-likeness (QED) is 0.167. The molecule has 3 aromatic carbocycles. The fourth-order valence-electron chi connectivity index (χ4n) is 6.11. The van der Waals surface area contributed by atoms with Gasteiger partial charge in [-0.25, -0.2) is 0 Å². The van der Waals surface area contributed by atoms with Crippen LogP contribution in [0.1, 0.15) is 59.9 Å². The fourth-order valence-corrected chi connectivity index (χ4v) is 10.8. The van der Waals surface area contributed by atoms with E-state index < -0.39 is 14.1 Å². The van der Waals surface area contributed by atoms with Crippen molar-refractivity contribution in [3.05, 3.63) is 103 Å². The summed E-state index contributed by atoms with van der Waals surface area (Å²) in [5.74, 6) is 0.0390. The predicted octanol–water partition coefficient (Wildman–Crippen LogP) is 6.39. The molecule has 1 heterocycles. The summed E-state index contributed by atoms with van der Waals surface area (Å²) in [6, 6.07) is 29.3. The number of rotatable bonds is 14. The van der Waals surface area contributed by atoms with E-state index in [4.69, 9.17) is 23.4 Å². The fraction of sp³-hybridized carbons (Fsp3) is 0.459. The standard InChI is InChI=1S/C37H50O6Si/c1-28(43-44(36(2,3)4,31-16-10-8-11-17-31)32-18-12-9-13-19-32)15-14-20-33(35-34(25-26-38)41-37(5,6)42-35)40-27-29-21-23-30(39-7)24-22-29/h8-14,16-24,28,33-35,38H,15,25-27H2,1-7H3/t28-,33?,34-,35+/m0/s1. The van der Waals surface area contributed by atoms with Gasteiger partial charge in [-0.15, -0.1) is 0 Å². The molecule has 1 saturated heterocycles. The molecule has 7 heteroatoms. The summed E-state index contributed by atoms with van der Waals surface area (Å²) in [5, 5.41) is 12.2. The molecule has 4 rings (SSSR count). The van der Waals surface area contributed by atoms with Gasteiger partial charge in [-0.3, -0.25) is 0 Å². The summed E-state index contributed by atoms with van der Waals surface area (Å²) < 4.78 is 31.6. The Balaban J connectivity index is 1.57. The van der Waals surface area contributed by atoms with Crippen LogP contribution < -0.4 is 15.1 Å². The maximum atomic E-state index is 9.75. The third-order valence-electron chi connectivity index (χ3n) is 8.15. The first kappa shape index (κ1) is 34.1. The molecule has 0 bridgehead atoms. The largest absolute Gasteiger partial charge is 0.497 e. The zero-order valence-electron chi connectivity index (χ0n) is 27.4. The van der Waals surface area contributed by atoms with Crippen LogP contribution in [0.5, 0.6) is 5.75 Å². The van der Waals surface area contributed by atoms with Crippen LogP contribution in [0.2, 0.25) is 5.04 Å². The zero-order valence-corrected chi connectivity index (χ0v) is 28.4. The molecule has 1 unspecified atom stereocenters. The molecule has 0 aliphatic carbocycles. The normalized spacial score (nSPS) is 20.1. The van der Waals surface area contributed by atoms with Crippen molar-refractivity contribution in [2.75, 3.05) is 13.7 Å². The number of hydrogen-bond donors (Lipinski definition) is 1. The summed E-state index contributed by atoms with van der Waals surface area (Å²) in [5.41, 5.74) is 1.03. The van der Waals surface area contributed by atoms with Crippen LogP contribution in [-0.4, -0.2) is 57.3 Å². The maximum absolute atomic E-state index is 9.75. The predicted molar refractivity (Wildman–Crippen MR) is 179 cm³/mol. The molecule has 6 nitrogen and oxygen atoms in total. The molecule has 0 aromatic heterocycles. The molecule has 0 radical (unpaired) electrons. The first-order valence-corrected chi connectivity index (χ1v) is 17.6. The van der Waals surface area contributed by atoms with Crippen molar-refractivity contribution in [3.63, 3.8) is 0 Å². The van der Waals surface area contributed by atoms with Gasteiger partial charge in [-0.2, -0.15) is 0 Å². The van der Waals surface area contributed by atoms with Crippen molar-refractivity contribution in [2.45, 2.75) is 96.2 Å². The molecule has 44 heavy (non-hydrogen) atoms. The van der Waals surface area contributed by atoms with Gasteiger partial charge in [0.1, 0.15) is 18.0 Å². The molecule has 0 spiro atoms. The first-order valence-electron chi connectivity index (χ1n) is 15.7. The Hall–Kier alpha value is -2.78. The van der Waals surface area contributed by atoms with E-state index >= 15 is 0 Å². The van der Waals surface area contributed by atoms with E-state index in [1.165, 1.54) is 10.4 Å². The second kappa shape index (κ2) is 15.0. The number of ether oxygens (including phenoxy) is 4. The van der Waals surface area contributed by atoms with Gasteiger partial charge < -0.3 is 28.5 Å². The van der Waals surface area contributed by atoms with Crippen molar-refractivity contribution < 1.29 is 28.5 Å². The third-order valence-corrected chi connectivity index (χ3v) is 13.3. The molecule has 4 atom stereocenters. The van der Waals surface area contributed by atoms with Crippen LogP contribution in [0.4, 0.5) is 0 Å². The van der Waals surface area contributed by atoms with Crippen molar-refractivity contribution in [1.29, 1.82) is 0 Å². The second-order valence-electron chi connectivity index (χ2n) is 13.0. The van der Waals surface area contributed by atoms with Crippen LogP contribution in [0.15, 0.2) is 97.1 Å². The lowest BCUT2D eigenvalue weighted by Crippen LogP contribution is -2.67. The average molecular weight is 619 g/mol. The Morgan fingerprint density at radius 1 is 0.909 bits per heavy atom. The van der Waals surface area contributed by atoms with E-state index in [1.807, 2.05) is 38.1 Å². The van der Waals surface area contributed by atoms with Gasteiger partial charge in [-0.05, 0) is 66.7 Å². The molecule has 1 aliphatic rings. The Kier molecular flexibility index (Phi) is 11.6. The Morgan fingerprint density at radius 2 is 1.50 bits per heavy atom. The molecule has 0 amide bonds. The van der Waals surface area contributed by atoms with Gasteiger partial charge in [0.25, 0.3) is 8.32 Å². The highest BCUT2D eigenvalue weighted by Crippen LogP contribution is 2.38. The number of benzene rings is 3. The number of methoxy groups -OCH3 is 1. The summed E-state index contributed by atoms with van der Waals surface area (Å²) in [6.45, 7) is 13.3. The van der Waals surface area contributed by atoms with Crippen LogP contribution in [-0.2, 0) is 25.2 Å². The summed E-state index contributed by atoms with van der Waals surface area (Å²) in [7, 11) is -1.01. The molecule has 1 N–H and O–H groups in total. The van der Waals surface area contributed by atoms with E-state index in [0.29, 0.717) is 19.4 Å². The smallest absolute Gasteiger partial charge is 0.261 e. The van der Waals surface area contributed by atoms with Gasteiger partial charge in [-0.1, -0.05) is 106 Å². The second-order valence-corrected chi connectivity index (χ2v) is 17.3. The number of aliphatic hydroxyl groups excluding tert-OH is 1. The van der Waals surface area contributed by atoms with Crippen molar-refractivity contribution in [1.82, 2.24) is 0 Å². The molecular formula is C37H50O6Si. The van der Waals surface area contributed by atoms with E-state index in [9.17, 15) is 5.11 Å². The minimum atomic E-state index is -2.67. The Labute approximate surface area is 265 Å². The minimum absolute atomic E-state index is 0.0128. The molecular weight excluding hydrogens is 568 g/mol. The van der Waals surface area contributed by atoms with Crippen molar-refractivity contribution >= 4 is 18.7 Å². The van der Waals surface area contributed by atoms with E-state index in [-0.39, 0.29) is 36.1 Å². The molecule has 1 aliphatic heterocycles. The van der Waals surface area contributed by atoms with Gasteiger partial charge in [0.05, 0.1) is 19.8 Å². The van der Waals surface area contributed by atoms with Crippen LogP contribution in [0, 0.1) is 0 Å². The number of aliphatic hydroxyl groups is 1. The van der Waals surface area contributed by atoms with Crippen LogP contribution in [0.25, 0.3) is 0 Å². The van der Waals surface area contributed by atoms with Gasteiger partial charge in [0.15, 0.2) is 5.79 Å². The van der Waals surface area contributed by atoms with E-state index in [2.05, 4.69) is 101 Å². The maximum Gasteiger partial charge on any atom is 0.261 e. The molecule has 1 fully saturated rings. The highest BCUT2D eigenvalue weighted by Gasteiger charge is 2.51. The van der Waals surface area contributed by atoms with Gasteiger partial charge in [0.2, 0.25) is 0 Å². The summed E-state index contributed by atoms with van der Waals surface area (Å²) >= 11 is 0. The van der Waals surface area contributed by atoms with Crippen LogP contribution >= 0.6 is 0 Å². The Bertz CT molecular complexity index is 1260. The summed E-state index contributed by atoms with van der Waals surface area (Å²) in [4.78, 5) is 0. The summed E-state index contributed by atoms with van der Waals surface area (Å²) in [6.07, 6.45) is 4.32. The SMILES string of the molecule is COc1ccc(COC(C=CC[C@H](C)O[Si](c2ccccc2)(c2ccccc2)C(C)(C)C)[C@H]2OC(C)(C)O[C@H]2CCO)cc1. The molecule has 3 aromatic rings. The highest BCUT2D eigenvalue weighted by atomic mass is 28.4. The van der Waals surface area contributed by atoms with Gasteiger partial charge in [0, 0.05) is 12.7 Å². The lowest BCUT2D eigenvalue weighted by Gasteiger charge is -2.44. The zero-order chi connectivity index (χ0) is 31.8. The lowest BCUT2D eigenvalue weighted by atomic mass is 10.0. The van der Waals surface area contributed by atoms with Crippen LogP contribution in [0.3, 0.4) is 0 Å². The van der Waals surface area contributed by atoms with E-state index in [1.54, 1.807) is 7.11 Å². The lowest BCUT2D eigenvalue weighted by molar-refractivity contribution is -0.156. The van der Waals surface area contributed by atoms with Crippen molar-refractivity contribution in [3.8, 4) is 5.75 Å². The third kappa shape index (κ3) is 8.27. The van der Waals surface area contributed by atoms with Gasteiger partial charge >= 0.3 is 0 Å². The highest BCUT2D eigenvalue weighted by molar-refractivity contribution is 6.99. The van der Waals surface area contributed by atoms with Crippen molar-refractivity contribution in [2.24, 2.45) is 0 Å². The minimum Gasteiger partial charge on any atom is -0.497 e. The Morgan fingerprint density at radius 3 is 2.02 bits per heavy atom.